The second kappa shape index (κ2) is 5.52. The Hall–Kier alpha value is -1.69. The van der Waals surface area contributed by atoms with Crippen LogP contribution in [0.3, 0.4) is 0 Å². The molecule has 102 valence electrons. The molecule has 3 unspecified atom stereocenters. The molecule has 0 saturated heterocycles. The number of hydrogen-bond donors (Lipinski definition) is 1. The summed E-state index contributed by atoms with van der Waals surface area (Å²) >= 11 is 0. The molecule has 2 rings (SSSR count). The van der Waals surface area contributed by atoms with Crippen LogP contribution in [0.5, 0.6) is 5.75 Å². The van der Waals surface area contributed by atoms with Gasteiger partial charge in [-0.3, -0.25) is 0 Å². The quantitative estimate of drug-likeness (QED) is 0.896. The molecule has 1 aromatic carbocycles. The van der Waals surface area contributed by atoms with Crippen LogP contribution in [-0.2, 0) is 0 Å². The summed E-state index contributed by atoms with van der Waals surface area (Å²) in [6.07, 6.45) is 3.24. The minimum Gasteiger partial charge on any atom is -0.497 e. The van der Waals surface area contributed by atoms with Crippen LogP contribution in [0.25, 0.3) is 0 Å². The summed E-state index contributed by atoms with van der Waals surface area (Å²) in [6.45, 7) is 4.40. The molecule has 0 bridgehead atoms. The van der Waals surface area contributed by atoms with Crippen LogP contribution in [0.15, 0.2) is 24.3 Å². The monoisotopic (exact) mass is 258 g/mol. The average molecular weight is 258 g/mol. The number of nitrogens with zero attached hydrogens (tertiary/aromatic N) is 1. The fourth-order valence-electron chi connectivity index (χ4n) is 2.92. The fourth-order valence-corrected chi connectivity index (χ4v) is 2.92. The maximum Gasteiger partial charge on any atom is 0.128 e. The third kappa shape index (κ3) is 2.84. The summed E-state index contributed by atoms with van der Waals surface area (Å²) in [7, 11) is 1.66. The molecule has 1 saturated carbocycles. The summed E-state index contributed by atoms with van der Waals surface area (Å²) in [5.41, 5.74) is 0.551. The first-order valence-electron chi connectivity index (χ1n) is 6.93. The molecule has 0 radical (unpaired) electrons. The summed E-state index contributed by atoms with van der Waals surface area (Å²) in [6, 6.07) is 10.3. The van der Waals surface area contributed by atoms with Crippen LogP contribution in [0, 0.1) is 23.2 Å². The van der Waals surface area contributed by atoms with E-state index in [0.29, 0.717) is 11.8 Å². The van der Waals surface area contributed by atoms with E-state index < -0.39 is 5.54 Å². The fraction of sp³-hybridized carbons (Fsp3) is 0.562. The molecular formula is C16H22N2O. The Balaban J connectivity index is 2.19. The second-order valence-corrected chi connectivity index (χ2v) is 5.72. The molecule has 3 nitrogen and oxygen atoms in total. The van der Waals surface area contributed by atoms with E-state index in [2.05, 4.69) is 25.2 Å². The molecule has 3 atom stereocenters. The van der Waals surface area contributed by atoms with Crippen molar-refractivity contribution in [3.63, 3.8) is 0 Å². The van der Waals surface area contributed by atoms with Crippen LogP contribution in [0.1, 0.15) is 33.1 Å². The lowest BCUT2D eigenvalue weighted by atomic mass is 9.70. The van der Waals surface area contributed by atoms with Gasteiger partial charge in [0.05, 0.1) is 13.2 Å². The Morgan fingerprint density at radius 1 is 1.26 bits per heavy atom. The van der Waals surface area contributed by atoms with Gasteiger partial charge in [-0.2, -0.15) is 5.26 Å². The molecule has 1 aromatic rings. The number of nitriles is 1. The molecule has 1 aliphatic rings. The Morgan fingerprint density at radius 3 is 2.53 bits per heavy atom. The third-order valence-corrected chi connectivity index (χ3v) is 4.26. The molecule has 0 heterocycles. The van der Waals surface area contributed by atoms with E-state index in [-0.39, 0.29) is 0 Å². The van der Waals surface area contributed by atoms with Crippen molar-refractivity contribution in [1.29, 1.82) is 5.26 Å². The van der Waals surface area contributed by atoms with E-state index in [4.69, 9.17) is 4.74 Å². The molecule has 1 fully saturated rings. The Kier molecular flexibility index (Phi) is 3.99. The number of anilines is 1. The summed E-state index contributed by atoms with van der Waals surface area (Å²) < 4.78 is 5.16. The number of rotatable bonds is 3. The average Bonchev–Trinajstić information content (AvgIpc) is 2.43. The van der Waals surface area contributed by atoms with Gasteiger partial charge in [0, 0.05) is 5.69 Å². The molecule has 3 heteroatoms. The molecule has 0 spiro atoms. The first-order chi connectivity index (χ1) is 9.09. The highest BCUT2D eigenvalue weighted by atomic mass is 16.5. The standard InChI is InChI=1S/C16H22N2O/c1-12-4-5-13(2)16(10-12,11-17)18-14-6-8-15(19-3)9-7-14/h6-9,12-13,18H,4-5,10H2,1-3H3. The number of nitrogens with one attached hydrogen (secondary N) is 1. The van der Waals surface area contributed by atoms with Gasteiger partial charge in [-0.1, -0.05) is 20.3 Å². The van der Waals surface area contributed by atoms with Crippen molar-refractivity contribution in [2.45, 2.75) is 38.6 Å². The number of ether oxygens (including phenoxy) is 1. The summed E-state index contributed by atoms with van der Waals surface area (Å²) in [4.78, 5) is 0. The lowest BCUT2D eigenvalue weighted by Gasteiger charge is -2.41. The van der Waals surface area contributed by atoms with Gasteiger partial charge in [-0.25, -0.2) is 0 Å². The van der Waals surface area contributed by atoms with Crippen molar-refractivity contribution in [3.05, 3.63) is 24.3 Å². The Bertz CT molecular complexity index is 463. The Morgan fingerprint density at radius 2 is 1.95 bits per heavy atom. The minimum absolute atomic E-state index is 0.371. The van der Waals surface area contributed by atoms with Crippen molar-refractivity contribution in [2.24, 2.45) is 11.8 Å². The first kappa shape index (κ1) is 13.7. The molecule has 1 aliphatic carbocycles. The molecule has 0 amide bonds. The van der Waals surface area contributed by atoms with Crippen LogP contribution >= 0.6 is 0 Å². The van der Waals surface area contributed by atoms with Crippen LogP contribution in [0.2, 0.25) is 0 Å². The topological polar surface area (TPSA) is 45.0 Å². The van der Waals surface area contributed by atoms with E-state index in [1.54, 1.807) is 7.11 Å². The zero-order chi connectivity index (χ0) is 13.9. The molecule has 1 N–H and O–H groups in total. The Labute approximate surface area is 115 Å². The van der Waals surface area contributed by atoms with Crippen LogP contribution in [-0.4, -0.2) is 12.6 Å². The minimum atomic E-state index is -0.438. The van der Waals surface area contributed by atoms with Gasteiger partial charge in [0.1, 0.15) is 11.3 Å². The van der Waals surface area contributed by atoms with Crippen molar-refractivity contribution in [2.75, 3.05) is 12.4 Å². The lowest BCUT2D eigenvalue weighted by Crippen LogP contribution is -2.47. The van der Waals surface area contributed by atoms with E-state index >= 15 is 0 Å². The maximum absolute atomic E-state index is 9.65. The first-order valence-corrected chi connectivity index (χ1v) is 6.93. The molecule has 19 heavy (non-hydrogen) atoms. The molecule has 0 aromatic heterocycles. The van der Waals surface area contributed by atoms with Gasteiger partial charge >= 0.3 is 0 Å². The van der Waals surface area contributed by atoms with Gasteiger partial charge in [0.15, 0.2) is 0 Å². The zero-order valence-electron chi connectivity index (χ0n) is 11.9. The third-order valence-electron chi connectivity index (χ3n) is 4.26. The van der Waals surface area contributed by atoms with E-state index in [0.717, 1.165) is 24.3 Å². The largest absolute Gasteiger partial charge is 0.497 e. The van der Waals surface area contributed by atoms with E-state index in [9.17, 15) is 5.26 Å². The highest BCUT2D eigenvalue weighted by molar-refractivity contribution is 5.50. The van der Waals surface area contributed by atoms with Crippen molar-refractivity contribution in [3.8, 4) is 11.8 Å². The van der Waals surface area contributed by atoms with Crippen LogP contribution in [0.4, 0.5) is 5.69 Å². The van der Waals surface area contributed by atoms with Crippen molar-refractivity contribution in [1.82, 2.24) is 0 Å². The van der Waals surface area contributed by atoms with Crippen molar-refractivity contribution < 1.29 is 4.74 Å². The summed E-state index contributed by atoms with van der Waals surface area (Å²) in [5.74, 6) is 1.80. The van der Waals surface area contributed by atoms with Gasteiger partial charge in [-0.05, 0) is 48.9 Å². The van der Waals surface area contributed by atoms with Gasteiger partial charge in [0.25, 0.3) is 0 Å². The van der Waals surface area contributed by atoms with Crippen LogP contribution < -0.4 is 10.1 Å². The smallest absolute Gasteiger partial charge is 0.128 e. The van der Waals surface area contributed by atoms with Gasteiger partial charge < -0.3 is 10.1 Å². The van der Waals surface area contributed by atoms with E-state index in [1.165, 1.54) is 6.42 Å². The predicted octanol–water partition coefficient (Wildman–Crippen LogP) is 3.83. The SMILES string of the molecule is COc1ccc(NC2(C#N)CC(C)CCC2C)cc1. The second-order valence-electron chi connectivity index (χ2n) is 5.72. The zero-order valence-corrected chi connectivity index (χ0v) is 11.9. The lowest BCUT2D eigenvalue weighted by molar-refractivity contribution is 0.229. The number of hydrogen-bond acceptors (Lipinski definition) is 3. The highest BCUT2D eigenvalue weighted by Gasteiger charge is 2.40. The van der Waals surface area contributed by atoms with Crippen molar-refractivity contribution >= 4 is 5.69 Å². The number of methoxy groups -OCH3 is 1. The van der Waals surface area contributed by atoms with Gasteiger partial charge in [-0.15, -0.1) is 0 Å². The summed E-state index contributed by atoms with van der Waals surface area (Å²) in [5, 5.41) is 13.1. The highest BCUT2D eigenvalue weighted by Crippen LogP contribution is 2.39. The number of benzene rings is 1. The van der Waals surface area contributed by atoms with Gasteiger partial charge in [0.2, 0.25) is 0 Å². The van der Waals surface area contributed by atoms with E-state index in [1.807, 2.05) is 24.3 Å². The maximum atomic E-state index is 9.65. The molecular weight excluding hydrogens is 236 g/mol. The predicted molar refractivity (Wildman–Crippen MR) is 77.1 cm³/mol. The molecule has 0 aliphatic heterocycles. The normalized spacial score (nSPS) is 30.4.